The number of benzene rings is 1. The normalized spacial score (nSPS) is 27.4. The standard InChI is InChI=1S/C13H16N2O/c1-9-2-3-10(8-16)13(4-9)15-7-11-5-12(15)6-14-11/h2-4,8,11-12,14H,5-7H2,1H3. The Hall–Kier alpha value is -1.35. The smallest absolute Gasteiger partial charge is 0.152 e. The SMILES string of the molecule is Cc1ccc(C=O)c(N2CC3CC2CN3)c1. The summed E-state index contributed by atoms with van der Waals surface area (Å²) in [4.78, 5) is 13.4. The highest BCUT2D eigenvalue weighted by Gasteiger charge is 2.38. The first-order chi connectivity index (χ1) is 7.78. The van der Waals surface area contributed by atoms with Crippen LogP contribution in [0.3, 0.4) is 0 Å². The van der Waals surface area contributed by atoms with Crippen LogP contribution >= 0.6 is 0 Å². The number of nitrogens with one attached hydrogen (secondary N) is 1. The molecule has 2 saturated heterocycles. The van der Waals surface area contributed by atoms with Crippen LogP contribution in [0.5, 0.6) is 0 Å². The summed E-state index contributed by atoms with van der Waals surface area (Å²) in [5.74, 6) is 0. The largest absolute Gasteiger partial charge is 0.365 e. The highest BCUT2D eigenvalue weighted by atomic mass is 16.1. The lowest BCUT2D eigenvalue weighted by Gasteiger charge is -2.30. The number of carbonyl (C=O) groups is 1. The molecular weight excluding hydrogens is 200 g/mol. The first kappa shape index (κ1) is 9.85. The molecule has 2 bridgehead atoms. The molecule has 3 rings (SSSR count). The van der Waals surface area contributed by atoms with E-state index in [4.69, 9.17) is 0 Å². The molecule has 0 saturated carbocycles. The summed E-state index contributed by atoms with van der Waals surface area (Å²) >= 11 is 0. The van der Waals surface area contributed by atoms with Crippen molar-refractivity contribution in [3.63, 3.8) is 0 Å². The Morgan fingerprint density at radius 1 is 1.50 bits per heavy atom. The molecule has 2 heterocycles. The zero-order chi connectivity index (χ0) is 11.1. The molecule has 2 aliphatic rings. The highest BCUT2D eigenvalue weighted by molar-refractivity contribution is 5.85. The van der Waals surface area contributed by atoms with Gasteiger partial charge in [-0.1, -0.05) is 6.07 Å². The predicted octanol–water partition coefficient (Wildman–Crippen LogP) is 1.36. The van der Waals surface area contributed by atoms with Gasteiger partial charge in [-0.2, -0.15) is 0 Å². The van der Waals surface area contributed by atoms with Crippen molar-refractivity contribution >= 4 is 12.0 Å². The van der Waals surface area contributed by atoms with E-state index in [1.54, 1.807) is 0 Å². The predicted molar refractivity (Wildman–Crippen MR) is 64.1 cm³/mol. The molecule has 1 aromatic carbocycles. The van der Waals surface area contributed by atoms with Crippen molar-refractivity contribution in [2.45, 2.75) is 25.4 Å². The molecule has 0 radical (unpaired) electrons. The van der Waals surface area contributed by atoms with E-state index in [-0.39, 0.29) is 0 Å². The minimum absolute atomic E-state index is 0.575. The van der Waals surface area contributed by atoms with E-state index in [1.165, 1.54) is 12.0 Å². The summed E-state index contributed by atoms with van der Waals surface area (Å²) in [5, 5.41) is 3.48. The first-order valence-corrected chi connectivity index (χ1v) is 5.84. The van der Waals surface area contributed by atoms with Gasteiger partial charge < -0.3 is 10.2 Å². The first-order valence-electron chi connectivity index (χ1n) is 5.84. The summed E-state index contributed by atoms with van der Waals surface area (Å²) in [5.41, 5.74) is 3.15. The molecule has 2 unspecified atom stereocenters. The summed E-state index contributed by atoms with van der Waals surface area (Å²) in [6.45, 7) is 4.16. The molecule has 0 amide bonds. The van der Waals surface area contributed by atoms with Crippen LogP contribution in [0.25, 0.3) is 0 Å². The van der Waals surface area contributed by atoms with Crippen molar-refractivity contribution in [1.82, 2.24) is 5.32 Å². The number of nitrogens with zero attached hydrogens (tertiary/aromatic N) is 1. The molecule has 2 fully saturated rings. The van der Waals surface area contributed by atoms with Gasteiger partial charge in [0.15, 0.2) is 6.29 Å². The van der Waals surface area contributed by atoms with Gasteiger partial charge >= 0.3 is 0 Å². The van der Waals surface area contributed by atoms with Crippen LogP contribution in [0.4, 0.5) is 5.69 Å². The second-order valence-electron chi connectivity index (χ2n) is 4.83. The van der Waals surface area contributed by atoms with Crippen molar-refractivity contribution in [3.05, 3.63) is 29.3 Å². The van der Waals surface area contributed by atoms with Crippen LogP contribution in [0.1, 0.15) is 22.3 Å². The molecule has 0 aromatic heterocycles. The number of anilines is 1. The summed E-state index contributed by atoms with van der Waals surface area (Å²) in [7, 11) is 0. The maximum Gasteiger partial charge on any atom is 0.152 e. The Labute approximate surface area is 95.4 Å². The van der Waals surface area contributed by atoms with Gasteiger partial charge in [0.1, 0.15) is 0 Å². The Bertz CT molecular complexity index is 430. The van der Waals surface area contributed by atoms with Gasteiger partial charge in [0.25, 0.3) is 0 Å². The van der Waals surface area contributed by atoms with E-state index in [1.807, 2.05) is 12.1 Å². The third kappa shape index (κ3) is 1.43. The third-order valence-corrected chi connectivity index (χ3v) is 3.68. The van der Waals surface area contributed by atoms with E-state index < -0.39 is 0 Å². The van der Waals surface area contributed by atoms with Gasteiger partial charge in [-0.3, -0.25) is 4.79 Å². The molecule has 1 N–H and O–H groups in total. The lowest BCUT2D eigenvalue weighted by atomic mass is 10.1. The van der Waals surface area contributed by atoms with Crippen molar-refractivity contribution in [3.8, 4) is 0 Å². The maximum absolute atomic E-state index is 11.1. The third-order valence-electron chi connectivity index (χ3n) is 3.68. The van der Waals surface area contributed by atoms with Gasteiger partial charge in [0.05, 0.1) is 0 Å². The number of carbonyl (C=O) groups excluding carboxylic acids is 1. The average molecular weight is 216 g/mol. The Kier molecular flexibility index (Phi) is 2.21. The van der Waals surface area contributed by atoms with Gasteiger partial charge in [-0.25, -0.2) is 0 Å². The van der Waals surface area contributed by atoms with Crippen molar-refractivity contribution < 1.29 is 4.79 Å². The zero-order valence-electron chi connectivity index (χ0n) is 9.44. The number of aldehydes is 1. The van der Waals surface area contributed by atoms with Gasteiger partial charge in [-0.15, -0.1) is 0 Å². The molecule has 16 heavy (non-hydrogen) atoms. The topological polar surface area (TPSA) is 32.3 Å². The molecule has 3 nitrogen and oxygen atoms in total. The Morgan fingerprint density at radius 3 is 3.00 bits per heavy atom. The molecule has 0 spiro atoms. The Morgan fingerprint density at radius 2 is 2.38 bits per heavy atom. The van der Waals surface area contributed by atoms with Gasteiger partial charge in [0.2, 0.25) is 0 Å². The molecule has 2 aliphatic heterocycles. The fraction of sp³-hybridized carbons (Fsp3) is 0.462. The van der Waals surface area contributed by atoms with Gasteiger partial charge in [-0.05, 0) is 31.0 Å². The van der Waals surface area contributed by atoms with Crippen LogP contribution in [-0.4, -0.2) is 31.5 Å². The maximum atomic E-state index is 11.1. The fourth-order valence-electron chi connectivity index (χ4n) is 2.86. The molecule has 2 atom stereocenters. The summed E-state index contributed by atoms with van der Waals surface area (Å²) < 4.78 is 0. The van der Waals surface area contributed by atoms with Crippen LogP contribution in [0.2, 0.25) is 0 Å². The number of hydrogen-bond acceptors (Lipinski definition) is 3. The van der Waals surface area contributed by atoms with E-state index in [2.05, 4.69) is 23.2 Å². The summed E-state index contributed by atoms with van der Waals surface area (Å²) in [6, 6.07) is 7.25. The van der Waals surface area contributed by atoms with Crippen LogP contribution in [-0.2, 0) is 0 Å². The number of hydrogen-bond donors (Lipinski definition) is 1. The molecular formula is C13H16N2O. The fourth-order valence-corrected chi connectivity index (χ4v) is 2.86. The van der Waals surface area contributed by atoms with Crippen molar-refractivity contribution in [2.75, 3.05) is 18.0 Å². The lowest BCUT2D eigenvalue weighted by Crippen LogP contribution is -2.44. The van der Waals surface area contributed by atoms with Gasteiger partial charge in [0, 0.05) is 36.4 Å². The molecule has 0 aliphatic carbocycles. The Balaban J connectivity index is 1.99. The van der Waals surface area contributed by atoms with E-state index in [9.17, 15) is 4.79 Å². The second kappa shape index (κ2) is 3.59. The number of aryl methyl sites for hydroxylation is 1. The van der Waals surface area contributed by atoms with E-state index >= 15 is 0 Å². The number of piperazine rings is 1. The molecule has 84 valence electrons. The average Bonchev–Trinajstić information content (AvgIpc) is 2.90. The van der Waals surface area contributed by atoms with Crippen LogP contribution in [0.15, 0.2) is 18.2 Å². The van der Waals surface area contributed by atoms with Crippen molar-refractivity contribution in [2.24, 2.45) is 0 Å². The van der Waals surface area contributed by atoms with E-state index in [0.717, 1.165) is 30.6 Å². The van der Waals surface area contributed by atoms with Crippen LogP contribution in [0, 0.1) is 6.92 Å². The second-order valence-corrected chi connectivity index (χ2v) is 4.83. The summed E-state index contributed by atoms with van der Waals surface area (Å²) in [6.07, 6.45) is 2.18. The molecule has 3 heteroatoms. The minimum atomic E-state index is 0.575. The van der Waals surface area contributed by atoms with Crippen LogP contribution < -0.4 is 10.2 Å². The lowest BCUT2D eigenvalue weighted by molar-refractivity contribution is 0.112. The van der Waals surface area contributed by atoms with E-state index in [0.29, 0.717) is 12.1 Å². The monoisotopic (exact) mass is 216 g/mol. The number of rotatable bonds is 2. The highest BCUT2D eigenvalue weighted by Crippen LogP contribution is 2.31. The molecule has 1 aromatic rings. The number of fused-ring (bicyclic) bond motifs is 2. The minimum Gasteiger partial charge on any atom is -0.365 e. The van der Waals surface area contributed by atoms with Crippen molar-refractivity contribution in [1.29, 1.82) is 0 Å². The quantitative estimate of drug-likeness (QED) is 0.758. The zero-order valence-corrected chi connectivity index (χ0v) is 9.44.